The van der Waals surface area contributed by atoms with Gasteiger partial charge >= 0.3 is 0 Å². The fraction of sp³-hybridized carbons (Fsp3) is 0.333. The first-order valence-corrected chi connectivity index (χ1v) is 5.41. The van der Waals surface area contributed by atoms with E-state index < -0.39 is 0 Å². The Morgan fingerprint density at radius 2 is 1.88 bits per heavy atom. The maximum absolute atomic E-state index is 11.7. The Bertz CT molecular complexity index is 424. The lowest BCUT2D eigenvalue weighted by atomic mass is 10.1. The van der Waals surface area contributed by atoms with Crippen molar-refractivity contribution in [2.45, 2.75) is 13.0 Å². The highest BCUT2D eigenvalue weighted by molar-refractivity contribution is 5.95. The number of carbonyl (C=O) groups is 2. The zero-order valence-corrected chi connectivity index (χ0v) is 9.53. The van der Waals surface area contributed by atoms with Gasteiger partial charge in [-0.05, 0) is 24.3 Å². The standard InChI is InChI=1S/C12H14N2O3/c1-8(15)13-10-4-2-9(3-5-10)12(16)14-11-6-17-7-11/h2-5,11H,6-7H2,1H3,(H,13,15)(H,14,16). The van der Waals surface area contributed by atoms with Crippen molar-refractivity contribution < 1.29 is 14.3 Å². The zero-order valence-electron chi connectivity index (χ0n) is 9.53. The molecule has 1 aliphatic heterocycles. The first kappa shape index (κ1) is 11.6. The summed E-state index contributed by atoms with van der Waals surface area (Å²) in [5, 5.41) is 5.48. The number of hydrogen-bond donors (Lipinski definition) is 2. The predicted molar refractivity (Wildman–Crippen MR) is 62.8 cm³/mol. The number of benzene rings is 1. The molecule has 2 N–H and O–H groups in total. The SMILES string of the molecule is CC(=O)Nc1ccc(C(=O)NC2COC2)cc1. The van der Waals surface area contributed by atoms with Gasteiger partial charge in [-0.25, -0.2) is 0 Å². The Morgan fingerprint density at radius 3 is 2.35 bits per heavy atom. The van der Waals surface area contributed by atoms with Crippen molar-refractivity contribution in [3.05, 3.63) is 29.8 Å². The van der Waals surface area contributed by atoms with E-state index in [0.29, 0.717) is 24.5 Å². The predicted octanol–water partition coefficient (Wildman–Crippen LogP) is 0.774. The third-order valence-corrected chi connectivity index (χ3v) is 2.44. The molecule has 0 atom stereocenters. The molecule has 0 saturated carbocycles. The first-order valence-electron chi connectivity index (χ1n) is 5.41. The topological polar surface area (TPSA) is 67.4 Å². The van der Waals surface area contributed by atoms with Crippen LogP contribution in [-0.4, -0.2) is 31.1 Å². The molecule has 1 saturated heterocycles. The van der Waals surface area contributed by atoms with Crippen LogP contribution in [0.2, 0.25) is 0 Å². The maximum Gasteiger partial charge on any atom is 0.251 e. The highest BCUT2D eigenvalue weighted by Crippen LogP contribution is 2.10. The highest BCUT2D eigenvalue weighted by Gasteiger charge is 2.20. The van der Waals surface area contributed by atoms with Crippen molar-refractivity contribution in [3.8, 4) is 0 Å². The lowest BCUT2D eigenvalue weighted by Gasteiger charge is -2.26. The van der Waals surface area contributed by atoms with Gasteiger partial charge in [0, 0.05) is 18.2 Å². The molecule has 0 bridgehead atoms. The van der Waals surface area contributed by atoms with E-state index in [9.17, 15) is 9.59 Å². The summed E-state index contributed by atoms with van der Waals surface area (Å²) in [4.78, 5) is 22.5. The minimum atomic E-state index is -0.131. The van der Waals surface area contributed by atoms with Crippen LogP contribution in [0.15, 0.2) is 24.3 Å². The Labute approximate surface area is 99.2 Å². The molecule has 0 aliphatic carbocycles. The van der Waals surface area contributed by atoms with Crippen LogP contribution in [-0.2, 0) is 9.53 Å². The summed E-state index contributed by atoms with van der Waals surface area (Å²) in [7, 11) is 0. The first-order chi connectivity index (χ1) is 8.15. The van der Waals surface area contributed by atoms with Crippen LogP contribution in [0.25, 0.3) is 0 Å². The summed E-state index contributed by atoms with van der Waals surface area (Å²) in [6.07, 6.45) is 0. The molecule has 1 aromatic carbocycles. The summed E-state index contributed by atoms with van der Waals surface area (Å²) >= 11 is 0. The molecule has 90 valence electrons. The van der Waals surface area contributed by atoms with Gasteiger partial charge in [0.15, 0.2) is 0 Å². The normalized spacial score (nSPS) is 14.9. The van der Waals surface area contributed by atoms with Gasteiger partial charge in [-0.2, -0.15) is 0 Å². The minimum absolute atomic E-state index is 0.118. The van der Waals surface area contributed by atoms with Crippen LogP contribution in [0.4, 0.5) is 5.69 Å². The van der Waals surface area contributed by atoms with Crippen molar-refractivity contribution in [1.82, 2.24) is 5.32 Å². The average Bonchev–Trinajstić information content (AvgIpc) is 2.23. The number of rotatable bonds is 3. The maximum atomic E-state index is 11.7. The van der Waals surface area contributed by atoms with Gasteiger partial charge in [-0.1, -0.05) is 0 Å². The van der Waals surface area contributed by atoms with Gasteiger partial charge in [0.1, 0.15) is 0 Å². The van der Waals surface area contributed by atoms with Gasteiger partial charge < -0.3 is 15.4 Å². The third-order valence-electron chi connectivity index (χ3n) is 2.44. The zero-order chi connectivity index (χ0) is 12.3. The average molecular weight is 234 g/mol. The van der Waals surface area contributed by atoms with Gasteiger partial charge in [0.2, 0.25) is 5.91 Å². The summed E-state index contributed by atoms with van der Waals surface area (Å²) in [6.45, 7) is 2.60. The molecule has 5 heteroatoms. The number of hydrogen-bond acceptors (Lipinski definition) is 3. The van der Waals surface area contributed by atoms with Crippen LogP contribution in [0.1, 0.15) is 17.3 Å². The fourth-order valence-electron chi connectivity index (χ4n) is 1.50. The molecule has 2 amide bonds. The van der Waals surface area contributed by atoms with Crippen molar-refractivity contribution in [2.75, 3.05) is 18.5 Å². The molecular formula is C12H14N2O3. The molecule has 0 unspecified atom stereocenters. The Balaban J connectivity index is 1.96. The second-order valence-corrected chi connectivity index (χ2v) is 3.97. The molecule has 0 spiro atoms. The quantitative estimate of drug-likeness (QED) is 0.812. The Hall–Kier alpha value is -1.88. The van der Waals surface area contributed by atoms with E-state index in [-0.39, 0.29) is 17.9 Å². The van der Waals surface area contributed by atoms with Crippen LogP contribution < -0.4 is 10.6 Å². The minimum Gasteiger partial charge on any atom is -0.377 e. The summed E-state index contributed by atoms with van der Waals surface area (Å²) < 4.78 is 4.97. The van der Waals surface area contributed by atoms with E-state index in [1.165, 1.54) is 6.92 Å². The summed E-state index contributed by atoms with van der Waals surface area (Å²) in [5.41, 5.74) is 1.26. The highest BCUT2D eigenvalue weighted by atomic mass is 16.5. The monoisotopic (exact) mass is 234 g/mol. The summed E-state index contributed by atoms with van der Waals surface area (Å²) in [6, 6.07) is 6.89. The molecule has 1 aliphatic rings. The van der Waals surface area contributed by atoms with Crippen LogP contribution in [0.5, 0.6) is 0 Å². The lowest BCUT2D eigenvalue weighted by molar-refractivity contribution is -0.114. The van der Waals surface area contributed by atoms with E-state index in [4.69, 9.17) is 4.74 Å². The van der Waals surface area contributed by atoms with Crippen molar-refractivity contribution in [1.29, 1.82) is 0 Å². The van der Waals surface area contributed by atoms with Gasteiger partial charge in [-0.15, -0.1) is 0 Å². The molecule has 0 radical (unpaired) electrons. The third kappa shape index (κ3) is 3.04. The molecule has 17 heavy (non-hydrogen) atoms. The Kier molecular flexibility index (Phi) is 3.39. The number of anilines is 1. The molecule has 1 aromatic rings. The molecule has 2 rings (SSSR count). The molecule has 1 fully saturated rings. The van der Waals surface area contributed by atoms with Crippen molar-refractivity contribution >= 4 is 17.5 Å². The Morgan fingerprint density at radius 1 is 1.24 bits per heavy atom. The fourth-order valence-corrected chi connectivity index (χ4v) is 1.50. The number of ether oxygens (including phenoxy) is 1. The lowest BCUT2D eigenvalue weighted by Crippen LogP contribution is -2.48. The van der Waals surface area contributed by atoms with Gasteiger partial charge in [-0.3, -0.25) is 9.59 Å². The van der Waals surface area contributed by atoms with Crippen molar-refractivity contribution in [3.63, 3.8) is 0 Å². The molecular weight excluding hydrogens is 220 g/mol. The van der Waals surface area contributed by atoms with E-state index in [1.54, 1.807) is 24.3 Å². The smallest absolute Gasteiger partial charge is 0.251 e. The van der Waals surface area contributed by atoms with E-state index in [1.807, 2.05) is 0 Å². The van der Waals surface area contributed by atoms with Crippen LogP contribution in [0.3, 0.4) is 0 Å². The van der Waals surface area contributed by atoms with Gasteiger partial charge in [0.05, 0.1) is 19.3 Å². The summed E-state index contributed by atoms with van der Waals surface area (Å²) in [5.74, 6) is -0.249. The van der Waals surface area contributed by atoms with E-state index >= 15 is 0 Å². The number of amides is 2. The molecule has 0 aromatic heterocycles. The second kappa shape index (κ2) is 4.97. The largest absolute Gasteiger partial charge is 0.377 e. The van der Waals surface area contributed by atoms with E-state index in [0.717, 1.165) is 0 Å². The number of nitrogens with one attached hydrogen (secondary N) is 2. The number of carbonyl (C=O) groups excluding carboxylic acids is 2. The van der Waals surface area contributed by atoms with Crippen molar-refractivity contribution in [2.24, 2.45) is 0 Å². The van der Waals surface area contributed by atoms with Gasteiger partial charge in [0.25, 0.3) is 5.91 Å². The molecule has 1 heterocycles. The van der Waals surface area contributed by atoms with Crippen LogP contribution >= 0.6 is 0 Å². The van der Waals surface area contributed by atoms with Crippen LogP contribution in [0, 0.1) is 0 Å². The van der Waals surface area contributed by atoms with E-state index in [2.05, 4.69) is 10.6 Å². The second-order valence-electron chi connectivity index (χ2n) is 3.97. The molecule has 5 nitrogen and oxygen atoms in total.